The number of nitrogens with one attached hydrogen (secondary N) is 2. The van der Waals surface area contributed by atoms with E-state index < -0.39 is 24.1 Å². The molecule has 9 nitrogen and oxygen atoms in total. The second kappa shape index (κ2) is 6.69. The van der Waals surface area contributed by atoms with Crippen molar-refractivity contribution in [3.05, 3.63) is 12.2 Å². The number of urea groups is 1. The number of carboxylic acids is 1. The molecule has 0 spiro atoms. The van der Waals surface area contributed by atoms with Crippen molar-refractivity contribution in [2.24, 2.45) is 7.05 Å². The number of carbonyl (C=O) groups is 2. The van der Waals surface area contributed by atoms with Gasteiger partial charge in [-0.2, -0.15) is 5.10 Å². The molecule has 1 heterocycles. The number of aryl methyl sites for hydroxylation is 1. The lowest BCUT2D eigenvalue weighted by Gasteiger charge is -2.17. The lowest BCUT2D eigenvalue weighted by atomic mass is 10.2. The predicted molar refractivity (Wildman–Crippen MR) is 64.3 cm³/mol. The summed E-state index contributed by atoms with van der Waals surface area (Å²) in [6.45, 7) is 1.55. The fourth-order valence-electron chi connectivity index (χ4n) is 1.37. The average molecular weight is 271 g/mol. The van der Waals surface area contributed by atoms with Crippen LogP contribution in [0.2, 0.25) is 0 Å². The molecule has 1 aromatic rings. The van der Waals surface area contributed by atoms with E-state index in [1.54, 1.807) is 18.1 Å². The number of carbonyl (C=O) groups excluding carboxylic acids is 1. The van der Waals surface area contributed by atoms with Crippen LogP contribution in [-0.2, 0) is 18.3 Å². The number of hydrogen-bond donors (Lipinski definition) is 4. The smallest absolute Gasteiger partial charge is 0.328 e. The van der Waals surface area contributed by atoms with Crippen molar-refractivity contribution in [2.75, 3.05) is 6.54 Å². The van der Waals surface area contributed by atoms with Crippen LogP contribution < -0.4 is 10.6 Å². The van der Waals surface area contributed by atoms with E-state index in [0.717, 1.165) is 0 Å². The molecular weight excluding hydrogens is 254 g/mol. The van der Waals surface area contributed by atoms with Gasteiger partial charge in [0, 0.05) is 20.0 Å². The molecule has 0 aliphatic rings. The molecule has 0 bridgehead atoms. The molecule has 0 fully saturated rings. The molecule has 0 aliphatic carbocycles. The molecule has 9 heteroatoms. The van der Waals surface area contributed by atoms with Crippen LogP contribution in [-0.4, -0.2) is 55.7 Å². The third kappa shape index (κ3) is 4.92. The van der Waals surface area contributed by atoms with Crippen LogP contribution in [0.1, 0.15) is 12.7 Å². The molecule has 4 N–H and O–H groups in total. The van der Waals surface area contributed by atoms with Crippen molar-refractivity contribution in [3.63, 3.8) is 0 Å². The normalized spacial score (nSPS) is 13.6. The van der Waals surface area contributed by atoms with Gasteiger partial charge in [0.15, 0.2) is 11.9 Å². The highest BCUT2D eigenvalue weighted by Crippen LogP contribution is 1.93. The number of rotatable bonds is 6. The molecule has 0 aliphatic heterocycles. The maximum atomic E-state index is 11.4. The third-order valence-corrected chi connectivity index (χ3v) is 2.32. The van der Waals surface area contributed by atoms with Crippen molar-refractivity contribution in [2.45, 2.75) is 25.5 Å². The topological polar surface area (TPSA) is 129 Å². The van der Waals surface area contributed by atoms with Crippen LogP contribution in [0.15, 0.2) is 6.33 Å². The van der Waals surface area contributed by atoms with E-state index in [9.17, 15) is 14.7 Å². The molecule has 1 aromatic heterocycles. The molecule has 1 rings (SSSR count). The Bertz CT molecular complexity index is 445. The van der Waals surface area contributed by atoms with Gasteiger partial charge in [0.05, 0.1) is 6.10 Å². The number of aliphatic hydroxyl groups is 1. The quantitative estimate of drug-likeness (QED) is 0.498. The Kier molecular flexibility index (Phi) is 5.24. The highest BCUT2D eigenvalue weighted by Gasteiger charge is 2.24. The third-order valence-electron chi connectivity index (χ3n) is 2.32. The first-order valence-corrected chi connectivity index (χ1v) is 5.70. The van der Waals surface area contributed by atoms with Crippen LogP contribution in [0.3, 0.4) is 0 Å². The van der Waals surface area contributed by atoms with Gasteiger partial charge in [-0.3, -0.25) is 4.68 Å². The fraction of sp³-hybridized carbons (Fsp3) is 0.600. The number of hydrogen-bond acceptors (Lipinski definition) is 5. The Labute approximate surface area is 109 Å². The number of amides is 2. The molecule has 0 saturated heterocycles. The Morgan fingerprint density at radius 1 is 1.53 bits per heavy atom. The fourth-order valence-corrected chi connectivity index (χ4v) is 1.37. The molecular formula is C10H17N5O4. The summed E-state index contributed by atoms with van der Waals surface area (Å²) >= 11 is 0. The molecule has 106 valence electrons. The summed E-state index contributed by atoms with van der Waals surface area (Å²) in [6, 6.07) is -2.00. The number of aliphatic carboxylic acids is 1. The van der Waals surface area contributed by atoms with E-state index in [0.29, 0.717) is 12.2 Å². The minimum atomic E-state index is -1.34. The van der Waals surface area contributed by atoms with E-state index >= 15 is 0 Å². The second-order valence-corrected chi connectivity index (χ2v) is 4.04. The van der Waals surface area contributed by atoms with Gasteiger partial charge >= 0.3 is 12.0 Å². The lowest BCUT2D eigenvalue weighted by Crippen LogP contribution is -2.51. The summed E-state index contributed by atoms with van der Waals surface area (Å²) in [5.74, 6) is -0.718. The molecule has 0 aromatic carbocycles. The summed E-state index contributed by atoms with van der Waals surface area (Å²) in [7, 11) is 1.73. The summed E-state index contributed by atoms with van der Waals surface area (Å²) in [4.78, 5) is 26.1. The molecule has 2 atom stereocenters. The van der Waals surface area contributed by atoms with Gasteiger partial charge in [0.1, 0.15) is 6.33 Å². The molecule has 0 radical (unpaired) electrons. The molecule has 2 unspecified atom stereocenters. The maximum absolute atomic E-state index is 11.4. The van der Waals surface area contributed by atoms with Crippen molar-refractivity contribution >= 4 is 12.0 Å². The largest absolute Gasteiger partial charge is 0.480 e. The van der Waals surface area contributed by atoms with Gasteiger partial charge in [-0.1, -0.05) is 0 Å². The van der Waals surface area contributed by atoms with E-state index in [1.807, 2.05) is 0 Å². The molecule has 0 saturated carbocycles. The Morgan fingerprint density at radius 2 is 2.21 bits per heavy atom. The maximum Gasteiger partial charge on any atom is 0.328 e. The summed E-state index contributed by atoms with van der Waals surface area (Å²) in [5, 5.41) is 26.6. The number of aromatic nitrogens is 3. The molecule has 19 heavy (non-hydrogen) atoms. The van der Waals surface area contributed by atoms with Crippen molar-refractivity contribution in [3.8, 4) is 0 Å². The lowest BCUT2D eigenvalue weighted by molar-refractivity contribution is -0.141. The highest BCUT2D eigenvalue weighted by atomic mass is 16.4. The summed E-state index contributed by atoms with van der Waals surface area (Å²) in [6.07, 6.45) is 0.796. The van der Waals surface area contributed by atoms with Crippen molar-refractivity contribution in [1.29, 1.82) is 0 Å². The SMILES string of the molecule is CC(O)C(NC(=O)NCCc1ncn(C)n1)C(=O)O. The number of aliphatic hydroxyl groups excluding tert-OH is 1. The Balaban J connectivity index is 2.33. The van der Waals surface area contributed by atoms with Crippen LogP contribution in [0.4, 0.5) is 4.79 Å². The minimum Gasteiger partial charge on any atom is -0.480 e. The zero-order chi connectivity index (χ0) is 14.4. The van der Waals surface area contributed by atoms with Crippen molar-refractivity contribution < 1.29 is 19.8 Å². The first-order chi connectivity index (χ1) is 8.90. The molecule has 2 amide bonds. The standard InChI is InChI=1S/C10H17N5O4/c1-6(16)8(9(17)18)13-10(19)11-4-3-7-12-5-15(2)14-7/h5-6,8,16H,3-4H2,1-2H3,(H,17,18)(H2,11,13,19). The monoisotopic (exact) mass is 271 g/mol. The van der Waals surface area contributed by atoms with E-state index in [1.165, 1.54) is 6.92 Å². The van der Waals surface area contributed by atoms with Crippen LogP contribution in [0.5, 0.6) is 0 Å². The predicted octanol–water partition coefficient (Wildman–Crippen LogP) is -1.51. The van der Waals surface area contributed by atoms with Crippen LogP contribution in [0.25, 0.3) is 0 Å². The van der Waals surface area contributed by atoms with Gasteiger partial charge < -0.3 is 20.8 Å². The zero-order valence-corrected chi connectivity index (χ0v) is 10.7. The number of nitrogens with zero attached hydrogens (tertiary/aromatic N) is 3. The summed E-state index contributed by atoms with van der Waals surface area (Å²) in [5.41, 5.74) is 0. The van der Waals surface area contributed by atoms with Gasteiger partial charge in [-0.25, -0.2) is 14.6 Å². The second-order valence-electron chi connectivity index (χ2n) is 4.04. The summed E-state index contributed by atoms with van der Waals surface area (Å²) < 4.78 is 1.54. The van der Waals surface area contributed by atoms with Crippen LogP contribution in [0, 0.1) is 0 Å². The van der Waals surface area contributed by atoms with E-state index in [4.69, 9.17) is 5.11 Å². The first-order valence-electron chi connectivity index (χ1n) is 5.70. The average Bonchev–Trinajstić information content (AvgIpc) is 2.71. The Morgan fingerprint density at radius 3 is 2.68 bits per heavy atom. The number of carboxylic acid groups (broad SMARTS) is 1. The van der Waals surface area contributed by atoms with Gasteiger partial charge in [0.25, 0.3) is 0 Å². The van der Waals surface area contributed by atoms with Crippen molar-refractivity contribution in [1.82, 2.24) is 25.4 Å². The zero-order valence-electron chi connectivity index (χ0n) is 10.7. The highest BCUT2D eigenvalue weighted by molar-refractivity contribution is 5.82. The van der Waals surface area contributed by atoms with Crippen LogP contribution >= 0.6 is 0 Å². The van der Waals surface area contributed by atoms with E-state index in [-0.39, 0.29) is 6.54 Å². The first kappa shape index (κ1) is 14.9. The van der Waals surface area contributed by atoms with Gasteiger partial charge in [-0.05, 0) is 6.92 Å². The Hall–Kier alpha value is -2.16. The van der Waals surface area contributed by atoms with Gasteiger partial charge in [0.2, 0.25) is 0 Å². The van der Waals surface area contributed by atoms with Gasteiger partial charge in [-0.15, -0.1) is 0 Å². The minimum absolute atomic E-state index is 0.266. The van der Waals surface area contributed by atoms with E-state index in [2.05, 4.69) is 20.7 Å².